The Hall–Kier alpha value is -1.07. The minimum absolute atomic E-state index is 0.114. The van der Waals surface area contributed by atoms with Gasteiger partial charge in [-0.05, 0) is 81.9 Å². The number of sulfonamides is 1. The van der Waals surface area contributed by atoms with Crippen LogP contribution in [0, 0.1) is 5.92 Å². The fraction of sp³-hybridized carbons (Fsp3) is 0.727. The first-order chi connectivity index (χ1) is 12.9. The van der Waals surface area contributed by atoms with Gasteiger partial charge in [-0.3, -0.25) is 0 Å². The summed E-state index contributed by atoms with van der Waals surface area (Å²) >= 11 is 0. The van der Waals surface area contributed by atoms with Crippen molar-refractivity contribution in [3.8, 4) is 0 Å². The molecule has 2 N–H and O–H groups in total. The lowest BCUT2D eigenvalue weighted by molar-refractivity contribution is 0.323. The Morgan fingerprint density at radius 1 is 0.926 bits per heavy atom. The van der Waals surface area contributed by atoms with Crippen molar-refractivity contribution in [3.05, 3.63) is 29.8 Å². The van der Waals surface area contributed by atoms with Crippen molar-refractivity contribution in [2.24, 2.45) is 5.92 Å². The third-order valence-corrected chi connectivity index (χ3v) is 8.28. The fourth-order valence-electron chi connectivity index (χ4n) is 4.42. The Morgan fingerprint density at radius 2 is 1.56 bits per heavy atom. The van der Waals surface area contributed by atoms with Gasteiger partial charge in [0, 0.05) is 18.3 Å². The van der Waals surface area contributed by atoms with Gasteiger partial charge in [0.05, 0.1) is 5.25 Å². The number of hydrogen-bond donors (Lipinski definition) is 2. The van der Waals surface area contributed by atoms with E-state index in [9.17, 15) is 8.42 Å². The number of anilines is 1. The van der Waals surface area contributed by atoms with Crippen molar-refractivity contribution in [3.63, 3.8) is 0 Å². The molecule has 0 spiro atoms. The second-order valence-electron chi connectivity index (χ2n) is 8.77. The average Bonchev–Trinajstić information content (AvgIpc) is 2.68. The summed E-state index contributed by atoms with van der Waals surface area (Å²) in [5.74, 6) is 1.39. The zero-order valence-electron chi connectivity index (χ0n) is 16.9. The Morgan fingerprint density at radius 3 is 2.15 bits per heavy atom. The third-order valence-electron chi connectivity index (χ3n) is 6.38. The monoisotopic (exact) mass is 392 g/mol. The number of nitrogens with one attached hydrogen (secondary N) is 2. The summed E-state index contributed by atoms with van der Waals surface area (Å²) < 4.78 is 26.9. The molecule has 2 aliphatic rings. The highest BCUT2D eigenvalue weighted by atomic mass is 32.2. The molecule has 0 unspecified atom stereocenters. The number of rotatable bonds is 7. The smallest absolute Gasteiger partial charge is 0.214 e. The van der Waals surface area contributed by atoms with Crippen LogP contribution in [0.25, 0.3) is 0 Å². The first kappa shape index (κ1) is 20.7. The SMILES string of the molecule is CC(C)S(=O)(=O)NC1CCC(CNc2ccc(C3CCCCC3)cc2)CC1. The van der Waals surface area contributed by atoms with Crippen molar-refractivity contribution >= 4 is 15.7 Å². The van der Waals surface area contributed by atoms with E-state index < -0.39 is 10.0 Å². The van der Waals surface area contributed by atoms with E-state index in [2.05, 4.69) is 34.3 Å². The van der Waals surface area contributed by atoms with Crippen molar-refractivity contribution in [1.29, 1.82) is 0 Å². The van der Waals surface area contributed by atoms with Gasteiger partial charge in [0.1, 0.15) is 0 Å². The van der Waals surface area contributed by atoms with Gasteiger partial charge >= 0.3 is 0 Å². The second-order valence-corrected chi connectivity index (χ2v) is 11.0. The molecular weight excluding hydrogens is 356 g/mol. The molecule has 2 saturated carbocycles. The van der Waals surface area contributed by atoms with Gasteiger partial charge in [0.2, 0.25) is 10.0 Å². The summed E-state index contributed by atoms with van der Waals surface area (Å²) in [5, 5.41) is 3.23. The summed E-state index contributed by atoms with van der Waals surface area (Å²) in [4.78, 5) is 0. The molecule has 0 bridgehead atoms. The van der Waals surface area contributed by atoms with Gasteiger partial charge in [-0.25, -0.2) is 13.1 Å². The second kappa shape index (κ2) is 9.42. The lowest BCUT2D eigenvalue weighted by Gasteiger charge is -2.30. The van der Waals surface area contributed by atoms with Crippen molar-refractivity contribution in [2.75, 3.05) is 11.9 Å². The van der Waals surface area contributed by atoms with Crippen LogP contribution in [0.5, 0.6) is 0 Å². The zero-order valence-corrected chi connectivity index (χ0v) is 17.7. The van der Waals surface area contributed by atoms with Crippen molar-refractivity contribution in [2.45, 2.75) is 88.8 Å². The molecule has 2 fully saturated rings. The van der Waals surface area contributed by atoms with Gasteiger partial charge in [-0.2, -0.15) is 0 Å². The summed E-state index contributed by atoms with van der Waals surface area (Å²) in [5.41, 5.74) is 2.70. The summed E-state index contributed by atoms with van der Waals surface area (Å²) in [6.07, 6.45) is 10.9. The topological polar surface area (TPSA) is 58.2 Å². The van der Waals surface area contributed by atoms with Gasteiger partial charge in [-0.15, -0.1) is 0 Å². The van der Waals surface area contributed by atoms with Gasteiger partial charge < -0.3 is 5.32 Å². The maximum Gasteiger partial charge on any atom is 0.214 e. The zero-order chi connectivity index (χ0) is 19.3. The highest BCUT2D eigenvalue weighted by Crippen LogP contribution is 2.33. The molecule has 0 amide bonds. The van der Waals surface area contributed by atoms with Crippen LogP contribution < -0.4 is 10.0 Å². The quantitative estimate of drug-likeness (QED) is 0.684. The molecule has 152 valence electrons. The molecule has 0 aliphatic heterocycles. The van der Waals surface area contributed by atoms with Gasteiger partial charge in [0.25, 0.3) is 0 Å². The van der Waals surface area contributed by atoms with Crippen LogP contribution in [0.1, 0.15) is 83.1 Å². The van der Waals surface area contributed by atoms with E-state index in [1.807, 2.05) is 0 Å². The van der Waals surface area contributed by atoms with E-state index in [-0.39, 0.29) is 11.3 Å². The minimum Gasteiger partial charge on any atom is -0.385 e. The molecule has 0 heterocycles. The lowest BCUT2D eigenvalue weighted by atomic mass is 9.84. The van der Waals surface area contributed by atoms with Crippen LogP contribution in [-0.2, 0) is 10.0 Å². The number of hydrogen-bond acceptors (Lipinski definition) is 3. The third kappa shape index (κ3) is 5.95. The first-order valence-electron chi connectivity index (χ1n) is 10.8. The lowest BCUT2D eigenvalue weighted by Crippen LogP contribution is -2.41. The molecule has 4 nitrogen and oxygen atoms in total. The average molecular weight is 393 g/mol. The highest BCUT2D eigenvalue weighted by Gasteiger charge is 2.26. The minimum atomic E-state index is -3.15. The molecular formula is C22H36N2O2S. The van der Waals surface area contributed by atoms with Crippen LogP contribution in [0.4, 0.5) is 5.69 Å². The maximum atomic E-state index is 12.0. The summed E-state index contributed by atoms with van der Waals surface area (Å²) in [6, 6.07) is 9.17. The molecule has 27 heavy (non-hydrogen) atoms. The highest BCUT2D eigenvalue weighted by molar-refractivity contribution is 7.90. The van der Waals surface area contributed by atoms with E-state index in [1.54, 1.807) is 13.8 Å². The maximum absolute atomic E-state index is 12.0. The molecule has 2 aliphatic carbocycles. The molecule has 3 rings (SSSR count). The van der Waals surface area contributed by atoms with Crippen LogP contribution in [0.2, 0.25) is 0 Å². The summed E-state index contributed by atoms with van der Waals surface area (Å²) in [7, 11) is -3.15. The van der Waals surface area contributed by atoms with Crippen LogP contribution in [-0.4, -0.2) is 26.3 Å². The fourth-order valence-corrected chi connectivity index (χ4v) is 5.40. The molecule has 1 aromatic rings. The van der Waals surface area contributed by atoms with Crippen molar-refractivity contribution < 1.29 is 8.42 Å². The number of benzene rings is 1. The van der Waals surface area contributed by atoms with E-state index in [4.69, 9.17) is 0 Å². The van der Waals surface area contributed by atoms with E-state index in [0.717, 1.165) is 38.1 Å². The molecule has 1 aromatic carbocycles. The predicted octanol–water partition coefficient (Wildman–Crippen LogP) is 5.03. The standard InChI is InChI=1S/C22H36N2O2S/c1-17(2)27(25,26)24-22-12-8-18(9-13-22)16-23-21-14-10-20(11-15-21)19-6-4-3-5-7-19/h10-11,14-15,17-19,22-24H,3-9,12-13,16H2,1-2H3. The van der Waals surface area contributed by atoms with Crippen LogP contribution >= 0.6 is 0 Å². The Kier molecular flexibility index (Phi) is 7.21. The molecule has 0 aromatic heterocycles. The Labute approximate surface area is 165 Å². The van der Waals surface area contributed by atoms with E-state index in [1.165, 1.54) is 43.4 Å². The molecule has 0 atom stereocenters. The molecule has 5 heteroatoms. The van der Waals surface area contributed by atoms with Gasteiger partial charge in [0.15, 0.2) is 0 Å². The van der Waals surface area contributed by atoms with Crippen molar-refractivity contribution in [1.82, 2.24) is 4.72 Å². The molecule has 0 radical (unpaired) electrons. The Balaban J connectivity index is 1.41. The predicted molar refractivity (Wildman–Crippen MR) is 114 cm³/mol. The normalized spacial score (nSPS) is 24.9. The summed E-state index contributed by atoms with van der Waals surface area (Å²) in [6.45, 7) is 4.45. The van der Waals surface area contributed by atoms with Crippen LogP contribution in [0.3, 0.4) is 0 Å². The Bertz CT molecular complexity index is 671. The van der Waals surface area contributed by atoms with E-state index >= 15 is 0 Å². The first-order valence-corrected chi connectivity index (χ1v) is 12.3. The van der Waals surface area contributed by atoms with Gasteiger partial charge in [-0.1, -0.05) is 31.4 Å². The molecule has 0 saturated heterocycles. The largest absolute Gasteiger partial charge is 0.385 e. The van der Waals surface area contributed by atoms with E-state index in [0.29, 0.717) is 5.92 Å². The van der Waals surface area contributed by atoms with Crippen LogP contribution in [0.15, 0.2) is 24.3 Å².